The second-order valence-electron chi connectivity index (χ2n) is 2.66. The molecule has 0 unspecified atom stereocenters. The van der Waals surface area contributed by atoms with E-state index in [9.17, 15) is 10.1 Å². The summed E-state index contributed by atoms with van der Waals surface area (Å²) in [5, 5.41) is 19.5. The summed E-state index contributed by atoms with van der Waals surface area (Å²) in [4.78, 5) is 10.1. The van der Waals surface area contributed by atoms with Crippen molar-refractivity contribution in [3.8, 4) is 0 Å². The normalized spacial score (nSPS) is 10.1. The summed E-state index contributed by atoms with van der Waals surface area (Å²) in [6, 6.07) is 3.18. The van der Waals surface area contributed by atoms with E-state index in [0.29, 0.717) is 10.0 Å². The fraction of sp³-hybridized carbons (Fsp3) is 0.250. The molecule has 0 saturated heterocycles. The van der Waals surface area contributed by atoms with E-state index in [0.717, 1.165) is 5.56 Å². The Morgan fingerprint density at radius 2 is 2.23 bits per heavy atom. The highest BCUT2D eigenvalue weighted by Gasteiger charge is 2.16. The van der Waals surface area contributed by atoms with Gasteiger partial charge in [0.05, 0.1) is 17.1 Å². The number of benzene rings is 1. The van der Waals surface area contributed by atoms with Crippen molar-refractivity contribution in [3.63, 3.8) is 0 Å². The van der Waals surface area contributed by atoms with Crippen molar-refractivity contribution in [1.29, 1.82) is 0 Å². The highest BCUT2D eigenvalue weighted by molar-refractivity contribution is 9.10. The van der Waals surface area contributed by atoms with Gasteiger partial charge in [0.2, 0.25) is 0 Å². The minimum absolute atomic E-state index is 0.0469. The van der Waals surface area contributed by atoms with E-state index >= 15 is 0 Å². The van der Waals surface area contributed by atoms with Crippen LogP contribution in [-0.4, -0.2) is 10.0 Å². The monoisotopic (exact) mass is 245 g/mol. The van der Waals surface area contributed by atoms with Gasteiger partial charge in [-0.2, -0.15) is 0 Å². The molecule has 0 heterocycles. The third-order valence-corrected chi connectivity index (χ3v) is 2.38. The van der Waals surface area contributed by atoms with E-state index < -0.39 is 4.92 Å². The minimum atomic E-state index is -0.497. The van der Waals surface area contributed by atoms with E-state index in [-0.39, 0.29) is 12.3 Å². The molecule has 0 bridgehead atoms. The molecule has 0 spiro atoms. The second-order valence-corrected chi connectivity index (χ2v) is 3.51. The third-order valence-electron chi connectivity index (χ3n) is 1.67. The van der Waals surface area contributed by atoms with Gasteiger partial charge in [-0.25, -0.2) is 0 Å². The summed E-state index contributed by atoms with van der Waals surface area (Å²) >= 11 is 3.16. The number of rotatable bonds is 2. The van der Waals surface area contributed by atoms with Crippen molar-refractivity contribution < 1.29 is 10.0 Å². The highest BCUT2D eigenvalue weighted by Crippen LogP contribution is 2.28. The highest BCUT2D eigenvalue weighted by atomic mass is 79.9. The first-order chi connectivity index (χ1) is 6.06. The lowest BCUT2D eigenvalue weighted by Crippen LogP contribution is -1.97. The maximum Gasteiger partial charge on any atom is 0.276 e. The summed E-state index contributed by atoms with van der Waals surface area (Å²) in [5.74, 6) is 0. The van der Waals surface area contributed by atoms with Crippen LogP contribution in [0.1, 0.15) is 11.1 Å². The van der Waals surface area contributed by atoms with Gasteiger partial charge in [0.1, 0.15) is 0 Å². The Morgan fingerprint density at radius 3 is 2.69 bits per heavy atom. The van der Waals surface area contributed by atoms with Crippen molar-refractivity contribution in [3.05, 3.63) is 37.8 Å². The SMILES string of the molecule is Cc1cc(Br)c(CO)c([N+](=O)[O-])c1. The predicted octanol–water partition coefficient (Wildman–Crippen LogP) is 2.16. The Balaban J connectivity index is 3.38. The third kappa shape index (κ3) is 2.05. The van der Waals surface area contributed by atoms with E-state index in [1.54, 1.807) is 13.0 Å². The molecule has 13 heavy (non-hydrogen) atoms. The quantitative estimate of drug-likeness (QED) is 0.642. The average molecular weight is 246 g/mol. The fourth-order valence-electron chi connectivity index (χ4n) is 1.07. The molecular weight excluding hydrogens is 238 g/mol. The zero-order chi connectivity index (χ0) is 10.0. The number of aliphatic hydroxyl groups is 1. The number of nitro groups is 1. The molecule has 0 amide bonds. The molecule has 0 aliphatic carbocycles. The molecule has 1 N–H and O–H groups in total. The number of nitrogens with zero attached hydrogens (tertiary/aromatic N) is 1. The van der Waals surface area contributed by atoms with E-state index in [2.05, 4.69) is 15.9 Å². The average Bonchev–Trinajstić information content (AvgIpc) is 2.02. The first kappa shape index (κ1) is 10.1. The zero-order valence-corrected chi connectivity index (χ0v) is 8.54. The van der Waals surface area contributed by atoms with Crippen LogP contribution in [0, 0.1) is 17.0 Å². The maximum atomic E-state index is 10.6. The predicted molar refractivity (Wildman–Crippen MR) is 51.5 cm³/mol. The molecule has 0 aliphatic heterocycles. The smallest absolute Gasteiger partial charge is 0.276 e. The van der Waals surface area contributed by atoms with Gasteiger partial charge in [-0.1, -0.05) is 15.9 Å². The fourth-order valence-corrected chi connectivity index (χ4v) is 1.76. The van der Waals surface area contributed by atoms with Crippen LogP contribution in [0.2, 0.25) is 0 Å². The van der Waals surface area contributed by atoms with Gasteiger partial charge < -0.3 is 5.11 Å². The summed E-state index contributed by atoms with van der Waals surface area (Å²) < 4.78 is 0.571. The lowest BCUT2D eigenvalue weighted by Gasteiger charge is -2.03. The van der Waals surface area contributed by atoms with Crippen LogP contribution in [0.3, 0.4) is 0 Å². The number of hydrogen-bond acceptors (Lipinski definition) is 3. The van der Waals surface area contributed by atoms with Crippen LogP contribution < -0.4 is 0 Å². The first-order valence-corrected chi connectivity index (χ1v) is 4.40. The van der Waals surface area contributed by atoms with Gasteiger partial charge in [0, 0.05) is 10.5 Å². The van der Waals surface area contributed by atoms with E-state index in [4.69, 9.17) is 5.11 Å². The molecule has 4 nitrogen and oxygen atoms in total. The van der Waals surface area contributed by atoms with E-state index in [1.165, 1.54) is 6.07 Å². The Bertz CT molecular complexity index is 351. The Labute approximate surface area is 83.5 Å². The van der Waals surface area contributed by atoms with Crippen molar-refractivity contribution >= 4 is 21.6 Å². The molecule has 0 radical (unpaired) electrons. The number of aryl methyl sites for hydroxylation is 1. The van der Waals surface area contributed by atoms with Gasteiger partial charge in [0.25, 0.3) is 5.69 Å². The minimum Gasteiger partial charge on any atom is -0.391 e. The maximum absolute atomic E-state index is 10.6. The topological polar surface area (TPSA) is 63.4 Å². The molecule has 70 valence electrons. The van der Waals surface area contributed by atoms with Crippen LogP contribution in [0.25, 0.3) is 0 Å². The molecule has 1 rings (SSSR count). The molecule has 0 atom stereocenters. The van der Waals surface area contributed by atoms with Crippen LogP contribution >= 0.6 is 15.9 Å². The van der Waals surface area contributed by atoms with Crippen LogP contribution in [0.4, 0.5) is 5.69 Å². The zero-order valence-electron chi connectivity index (χ0n) is 6.95. The molecular formula is C8H8BrNO3. The Morgan fingerprint density at radius 1 is 1.62 bits per heavy atom. The lowest BCUT2D eigenvalue weighted by molar-refractivity contribution is -0.386. The lowest BCUT2D eigenvalue weighted by atomic mass is 10.1. The summed E-state index contributed by atoms with van der Waals surface area (Å²) in [6.45, 7) is 1.43. The van der Waals surface area contributed by atoms with Crippen molar-refractivity contribution in [2.75, 3.05) is 0 Å². The van der Waals surface area contributed by atoms with Crippen LogP contribution in [0.15, 0.2) is 16.6 Å². The second kappa shape index (κ2) is 3.85. The molecule has 0 aliphatic rings. The van der Waals surface area contributed by atoms with Gasteiger partial charge in [-0.05, 0) is 18.6 Å². The number of hydrogen-bond donors (Lipinski definition) is 1. The van der Waals surface area contributed by atoms with Crippen LogP contribution in [-0.2, 0) is 6.61 Å². The number of nitro benzene ring substituents is 1. The van der Waals surface area contributed by atoms with Crippen LogP contribution in [0.5, 0.6) is 0 Å². The first-order valence-electron chi connectivity index (χ1n) is 3.60. The molecule has 1 aromatic carbocycles. The molecule has 5 heteroatoms. The number of halogens is 1. The largest absolute Gasteiger partial charge is 0.391 e. The van der Waals surface area contributed by atoms with Gasteiger partial charge in [-0.15, -0.1) is 0 Å². The molecule has 0 aromatic heterocycles. The van der Waals surface area contributed by atoms with Crippen molar-refractivity contribution in [2.45, 2.75) is 13.5 Å². The Hall–Kier alpha value is -0.940. The van der Waals surface area contributed by atoms with Crippen molar-refractivity contribution in [2.24, 2.45) is 0 Å². The van der Waals surface area contributed by atoms with E-state index in [1.807, 2.05) is 0 Å². The Kier molecular flexibility index (Phi) is 3.00. The summed E-state index contributed by atoms with van der Waals surface area (Å²) in [7, 11) is 0. The summed E-state index contributed by atoms with van der Waals surface area (Å²) in [5.41, 5.74) is 1.06. The van der Waals surface area contributed by atoms with Gasteiger partial charge >= 0.3 is 0 Å². The molecule has 1 aromatic rings. The molecule has 0 saturated carbocycles. The van der Waals surface area contributed by atoms with Gasteiger partial charge in [-0.3, -0.25) is 10.1 Å². The van der Waals surface area contributed by atoms with Crippen molar-refractivity contribution in [1.82, 2.24) is 0 Å². The number of aliphatic hydroxyl groups excluding tert-OH is 1. The summed E-state index contributed by atoms with van der Waals surface area (Å²) in [6.07, 6.45) is 0. The standard InChI is InChI=1S/C8H8BrNO3/c1-5-2-7(9)6(4-11)8(3-5)10(12)13/h2-3,11H,4H2,1H3. The van der Waals surface area contributed by atoms with Gasteiger partial charge in [0.15, 0.2) is 0 Å². The molecule has 0 fully saturated rings.